The summed E-state index contributed by atoms with van der Waals surface area (Å²) >= 11 is 1.47. The second kappa shape index (κ2) is 7.38. The largest absolute Gasteiger partial charge is 0.352 e. The van der Waals surface area contributed by atoms with Gasteiger partial charge in [0.15, 0.2) is 5.16 Å². The summed E-state index contributed by atoms with van der Waals surface area (Å²) in [6.45, 7) is 1.93. The van der Waals surface area contributed by atoms with Gasteiger partial charge in [0.1, 0.15) is 0 Å². The van der Waals surface area contributed by atoms with Crippen LogP contribution in [0.2, 0.25) is 0 Å². The van der Waals surface area contributed by atoms with Crippen LogP contribution in [0, 0.1) is 0 Å². The molecule has 1 aliphatic rings. The van der Waals surface area contributed by atoms with Crippen molar-refractivity contribution in [2.24, 2.45) is 0 Å². The quantitative estimate of drug-likeness (QED) is 0.634. The number of aromatic amines is 1. The predicted octanol–water partition coefficient (Wildman–Crippen LogP) is 4.50. The van der Waals surface area contributed by atoms with Gasteiger partial charge >= 0.3 is 0 Å². The molecule has 0 saturated heterocycles. The SMILES string of the molecule is CC(Sc1nc(-c2ccccc2)c(-c2ccccc2)[nH]1)C(=O)NC1CC1. The number of imidazole rings is 1. The Morgan fingerprint density at radius 3 is 2.31 bits per heavy atom. The number of nitrogens with one attached hydrogen (secondary N) is 2. The molecule has 0 radical (unpaired) electrons. The lowest BCUT2D eigenvalue weighted by atomic mass is 10.1. The molecule has 1 aromatic heterocycles. The fourth-order valence-corrected chi connectivity index (χ4v) is 3.61. The van der Waals surface area contributed by atoms with Crippen LogP contribution in [0.5, 0.6) is 0 Å². The first-order chi connectivity index (χ1) is 12.7. The number of thioether (sulfide) groups is 1. The van der Waals surface area contributed by atoms with E-state index in [1.54, 1.807) is 0 Å². The molecule has 0 aliphatic heterocycles. The van der Waals surface area contributed by atoms with E-state index >= 15 is 0 Å². The molecule has 1 atom stereocenters. The highest BCUT2D eigenvalue weighted by Crippen LogP contribution is 2.33. The van der Waals surface area contributed by atoms with Crippen LogP contribution in [0.4, 0.5) is 0 Å². The van der Waals surface area contributed by atoms with Crippen LogP contribution in [-0.4, -0.2) is 27.2 Å². The first-order valence-electron chi connectivity index (χ1n) is 8.88. The standard InChI is InChI=1S/C21H21N3OS/c1-14(20(25)22-17-12-13-17)26-21-23-18(15-8-4-2-5-9-15)19(24-21)16-10-6-3-7-11-16/h2-11,14,17H,12-13H2,1H3,(H,22,25)(H,23,24). The number of aromatic nitrogens is 2. The first-order valence-corrected chi connectivity index (χ1v) is 9.76. The molecule has 26 heavy (non-hydrogen) atoms. The summed E-state index contributed by atoms with van der Waals surface area (Å²) < 4.78 is 0. The molecular formula is C21H21N3OS. The van der Waals surface area contributed by atoms with Crippen LogP contribution in [0.25, 0.3) is 22.5 Å². The summed E-state index contributed by atoms with van der Waals surface area (Å²) in [7, 11) is 0. The smallest absolute Gasteiger partial charge is 0.233 e. The molecular weight excluding hydrogens is 342 g/mol. The molecule has 1 aliphatic carbocycles. The van der Waals surface area contributed by atoms with E-state index in [0.29, 0.717) is 6.04 Å². The van der Waals surface area contributed by atoms with E-state index in [1.807, 2.05) is 43.3 Å². The van der Waals surface area contributed by atoms with E-state index in [1.165, 1.54) is 11.8 Å². The number of amides is 1. The number of H-pyrrole nitrogens is 1. The summed E-state index contributed by atoms with van der Waals surface area (Å²) in [5.74, 6) is 0.0800. The van der Waals surface area contributed by atoms with Gasteiger partial charge in [-0.05, 0) is 19.8 Å². The van der Waals surface area contributed by atoms with Crippen LogP contribution < -0.4 is 5.32 Å². The number of rotatable bonds is 6. The average Bonchev–Trinajstić information content (AvgIpc) is 3.39. The number of carbonyl (C=O) groups is 1. The molecule has 1 saturated carbocycles. The Morgan fingerprint density at radius 2 is 1.69 bits per heavy atom. The third kappa shape index (κ3) is 3.83. The van der Waals surface area contributed by atoms with Gasteiger partial charge in [-0.3, -0.25) is 4.79 Å². The zero-order chi connectivity index (χ0) is 17.9. The Labute approximate surface area is 157 Å². The van der Waals surface area contributed by atoms with Crippen molar-refractivity contribution in [1.29, 1.82) is 0 Å². The van der Waals surface area contributed by atoms with Gasteiger partial charge < -0.3 is 10.3 Å². The maximum atomic E-state index is 12.3. The number of carbonyl (C=O) groups excluding carboxylic acids is 1. The van der Waals surface area contributed by atoms with Crippen molar-refractivity contribution in [2.45, 2.75) is 36.2 Å². The Kier molecular flexibility index (Phi) is 4.80. The highest BCUT2D eigenvalue weighted by Gasteiger charge is 2.26. The molecule has 5 heteroatoms. The van der Waals surface area contributed by atoms with Gasteiger partial charge in [-0.15, -0.1) is 0 Å². The van der Waals surface area contributed by atoms with Gasteiger partial charge in [0.2, 0.25) is 5.91 Å². The number of benzene rings is 2. The zero-order valence-electron chi connectivity index (χ0n) is 14.6. The highest BCUT2D eigenvalue weighted by molar-refractivity contribution is 8.00. The molecule has 3 aromatic rings. The van der Waals surface area contributed by atoms with Crippen molar-refractivity contribution in [3.8, 4) is 22.5 Å². The second-order valence-corrected chi connectivity index (χ2v) is 7.87. The maximum Gasteiger partial charge on any atom is 0.233 e. The minimum absolute atomic E-state index is 0.0800. The lowest BCUT2D eigenvalue weighted by molar-refractivity contribution is -0.120. The molecule has 1 fully saturated rings. The second-order valence-electron chi connectivity index (χ2n) is 6.54. The normalized spacial score (nSPS) is 14.8. The van der Waals surface area contributed by atoms with Crippen molar-refractivity contribution >= 4 is 17.7 Å². The fraction of sp³-hybridized carbons (Fsp3) is 0.238. The Morgan fingerprint density at radius 1 is 1.08 bits per heavy atom. The number of hydrogen-bond acceptors (Lipinski definition) is 3. The highest BCUT2D eigenvalue weighted by atomic mass is 32.2. The summed E-state index contributed by atoms with van der Waals surface area (Å²) in [5.41, 5.74) is 4.04. The molecule has 4 nitrogen and oxygen atoms in total. The lowest BCUT2D eigenvalue weighted by Gasteiger charge is -2.09. The molecule has 0 bridgehead atoms. The van der Waals surface area contributed by atoms with E-state index in [0.717, 1.165) is 40.5 Å². The van der Waals surface area contributed by atoms with Gasteiger partial charge in [-0.2, -0.15) is 0 Å². The Bertz CT molecular complexity index is 831. The van der Waals surface area contributed by atoms with E-state index in [9.17, 15) is 4.79 Å². The van der Waals surface area contributed by atoms with E-state index in [2.05, 4.69) is 34.6 Å². The monoisotopic (exact) mass is 363 g/mol. The molecule has 2 N–H and O–H groups in total. The van der Waals surface area contributed by atoms with Gasteiger partial charge in [0, 0.05) is 17.2 Å². The van der Waals surface area contributed by atoms with Crippen LogP contribution in [-0.2, 0) is 4.79 Å². The fourth-order valence-electron chi connectivity index (χ4n) is 2.79. The third-order valence-electron chi connectivity index (χ3n) is 4.37. The van der Waals surface area contributed by atoms with Crippen LogP contribution in [0.3, 0.4) is 0 Å². The zero-order valence-corrected chi connectivity index (χ0v) is 15.4. The van der Waals surface area contributed by atoms with E-state index in [4.69, 9.17) is 4.98 Å². The molecule has 132 valence electrons. The van der Waals surface area contributed by atoms with Gasteiger partial charge in [0.25, 0.3) is 0 Å². The minimum Gasteiger partial charge on any atom is -0.352 e. The Balaban J connectivity index is 1.63. The van der Waals surface area contributed by atoms with Crippen molar-refractivity contribution in [2.75, 3.05) is 0 Å². The first kappa shape index (κ1) is 16.9. The van der Waals surface area contributed by atoms with Crippen LogP contribution in [0.15, 0.2) is 65.8 Å². The topological polar surface area (TPSA) is 57.8 Å². The maximum absolute atomic E-state index is 12.3. The number of nitrogens with zero attached hydrogens (tertiary/aromatic N) is 1. The van der Waals surface area contributed by atoms with Crippen molar-refractivity contribution in [3.63, 3.8) is 0 Å². The Hall–Kier alpha value is -2.53. The van der Waals surface area contributed by atoms with E-state index < -0.39 is 0 Å². The lowest BCUT2D eigenvalue weighted by Crippen LogP contribution is -2.32. The van der Waals surface area contributed by atoms with Crippen LogP contribution >= 0.6 is 11.8 Å². The van der Waals surface area contributed by atoms with Crippen LogP contribution in [0.1, 0.15) is 19.8 Å². The van der Waals surface area contributed by atoms with Gasteiger partial charge in [-0.1, -0.05) is 72.4 Å². The van der Waals surface area contributed by atoms with Crippen molar-refractivity contribution < 1.29 is 4.79 Å². The van der Waals surface area contributed by atoms with Gasteiger partial charge in [-0.25, -0.2) is 4.98 Å². The predicted molar refractivity (Wildman–Crippen MR) is 106 cm³/mol. The third-order valence-corrected chi connectivity index (χ3v) is 5.36. The summed E-state index contributed by atoms with van der Waals surface area (Å²) in [6, 6.07) is 20.7. The molecule has 0 spiro atoms. The summed E-state index contributed by atoms with van der Waals surface area (Å²) in [6.07, 6.45) is 2.19. The average molecular weight is 363 g/mol. The molecule has 1 heterocycles. The molecule has 4 rings (SSSR count). The molecule has 1 amide bonds. The molecule has 1 unspecified atom stereocenters. The van der Waals surface area contributed by atoms with E-state index in [-0.39, 0.29) is 11.2 Å². The summed E-state index contributed by atoms with van der Waals surface area (Å²) in [4.78, 5) is 20.5. The van der Waals surface area contributed by atoms with Crippen molar-refractivity contribution in [3.05, 3.63) is 60.7 Å². The minimum atomic E-state index is -0.186. The summed E-state index contributed by atoms with van der Waals surface area (Å²) in [5, 5.41) is 3.64. The molecule has 2 aromatic carbocycles. The van der Waals surface area contributed by atoms with Crippen molar-refractivity contribution in [1.82, 2.24) is 15.3 Å². The number of hydrogen-bond donors (Lipinski definition) is 2. The van der Waals surface area contributed by atoms with Gasteiger partial charge in [0.05, 0.1) is 16.6 Å².